The van der Waals surface area contributed by atoms with Crippen molar-refractivity contribution in [3.8, 4) is 5.82 Å². The van der Waals surface area contributed by atoms with E-state index in [-0.39, 0.29) is 25.9 Å². The number of piperazine rings is 1. The lowest BCUT2D eigenvalue weighted by atomic mass is 9.81. The Morgan fingerprint density at radius 3 is 2.31 bits per heavy atom. The predicted octanol–water partition coefficient (Wildman–Crippen LogP) is 3.47. The van der Waals surface area contributed by atoms with Crippen LogP contribution in [0.15, 0.2) is 30.7 Å². The highest BCUT2D eigenvalue weighted by atomic mass is 19.4. The van der Waals surface area contributed by atoms with Gasteiger partial charge in [0.05, 0.1) is 18.4 Å². The lowest BCUT2D eigenvalue weighted by Crippen LogP contribution is -2.72. The van der Waals surface area contributed by atoms with Gasteiger partial charge in [-0.25, -0.2) is 18.9 Å². The molecular weight excluding hydrogens is 524 g/mol. The van der Waals surface area contributed by atoms with Gasteiger partial charge in [0, 0.05) is 19.3 Å². The molecule has 3 amide bonds. The first-order chi connectivity index (χ1) is 18.1. The van der Waals surface area contributed by atoms with E-state index < -0.39 is 60.2 Å². The van der Waals surface area contributed by atoms with Crippen molar-refractivity contribution in [3.05, 3.63) is 42.1 Å². The van der Waals surface area contributed by atoms with E-state index in [0.29, 0.717) is 16.3 Å². The predicted molar refractivity (Wildman–Crippen MR) is 129 cm³/mol. The zero-order chi connectivity index (χ0) is 28.8. The molecule has 10 nitrogen and oxygen atoms in total. The highest BCUT2D eigenvalue weighted by Gasteiger charge is 2.57. The number of hydrogen-bond acceptors (Lipinski definition) is 6. The highest BCUT2D eigenvalue weighted by Crippen LogP contribution is 2.39. The normalized spacial score (nSPS) is 19.0. The lowest BCUT2D eigenvalue weighted by molar-refractivity contribution is -0.193. The summed E-state index contributed by atoms with van der Waals surface area (Å²) in [7, 11) is 0. The number of pyridine rings is 1. The number of carbonyl (C=O) groups excluding carboxylic acids is 3. The van der Waals surface area contributed by atoms with E-state index >= 15 is 0 Å². The topological polar surface area (TPSA) is 101 Å². The summed E-state index contributed by atoms with van der Waals surface area (Å²) in [5, 5.41) is 3.84. The Hall–Kier alpha value is -3.71. The molecule has 212 valence electrons. The molecule has 1 atom stereocenters. The number of carbonyl (C=O) groups is 3. The zero-order valence-corrected chi connectivity index (χ0v) is 22.0. The Kier molecular flexibility index (Phi) is 7.34. The summed E-state index contributed by atoms with van der Waals surface area (Å²) in [6.07, 6.45) is -2.09. The van der Waals surface area contributed by atoms with Crippen molar-refractivity contribution in [2.24, 2.45) is 0 Å². The van der Waals surface area contributed by atoms with Gasteiger partial charge in [-0.2, -0.15) is 18.3 Å². The molecule has 0 aliphatic carbocycles. The molecule has 1 spiro atoms. The number of ether oxygens (including phenoxy) is 1. The molecule has 0 N–H and O–H groups in total. The molecule has 2 aromatic rings. The summed E-state index contributed by atoms with van der Waals surface area (Å²) in [6, 6.07) is 2.48. The molecule has 2 aliphatic rings. The lowest BCUT2D eigenvalue weighted by Gasteiger charge is -2.53. The second kappa shape index (κ2) is 10.1. The van der Waals surface area contributed by atoms with Gasteiger partial charge in [0.25, 0.3) is 0 Å². The molecule has 0 aromatic carbocycles. The van der Waals surface area contributed by atoms with Crippen molar-refractivity contribution < 1.29 is 36.7 Å². The van der Waals surface area contributed by atoms with Crippen molar-refractivity contribution in [3.63, 3.8) is 0 Å². The summed E-state index contributed by atoms with van der Waals surface area (Å²) in [5.41, 5.74) is -2.01. The van der Waals surface area contributed by atoms with Gasteiger partial charge in [-0.15, -0.1) is 0 Å². The van der Waals surface area contributed by atoms with Gasteiger partial charge in [0.2, 0.25) is 11.8 Å². The van der Waals surface area contributed by atoms with Gasteiger partial charge < -0.3 is 19.4 Å². The Balaban J connectivity index is 1.59. The molecule has 4 rings (SSSR count). The van der Waals surface area contributed by atoms with Gasteiger partial charge in [-0.1, -0.05) is 6.07 Å². The fourth-order valence-corrected chi connectivity index (χ4v) is 4.91. The summed E-state index contributed by atoms with van der Waals surface area (Å²) in [6.45, 7) is 4.51. The van der Waals surface area contributed by atoms with E-state index in [0.717, 1.165) is 12.4 Å². The van der Waals surface area contributed by atoms with Crippen LogP contribution in [-0.2, 0) is 14.3 Å². The van der Waals surface area contributed by atoms with E-state index in [1.807, 2.05) is 0 Å². The first-order valence-corrected chi connectivity index (χ1v) is 12.4. The van der Waals surface area contributed by atoms with Crippen molar-refractivity contribution in [1.82, 2.24) is 29.5 Å². The summed E-state index contributed by atoms with van der Waals surface area (Å²) in [4.78, 5) is 47.1. The van der Waals surface area contributed by atoms with Crippen molar-refractivity contribution in [2.45, 2.75) is 63.9 Å². The highest BCUT2D eigenvalue weighted by molar-refractivity contribution is 5.98. The number of amides is 3. The number of aromatic nitrogens is 3. The van der Waals surface area contributed by atoms with Gasteiger partial charge >= 0.3 is 12.3 Å². The number of piperidine rings is 1. The van der Waals surface area contributed by atoms with Crippen molar-refractivity contribution in [2.75, 3.05) is 26.2 Å². The van der Waals surface area contributed by atoms with Crippen LogP contribution in [0.4, 0.5) is 22.4 Å². The first kappa shape index (κ1) is 28.3. The van der Waals surface area contributed by atoms with Crippen LogP contribution in [0, 0.1) is 5.82 Å². The fourth-order valence-electron chi connectivity index (χ4n) is 4.91. The molecule has 2 aromatic heterocycles. The van der Waals surface area contributed by atoms with Crippen LogP contribution in [0.2, 0.25) is 0 Å². The van der Waals surface area contributed by atoms with E-state index in [4.69, 9.17) is 4.74 Å². The maximum Gasteiger partial charge on any atom is 0.410 e. The number of rotatable bonds is 4. The Bertz CT molecular complexity index is 1230. The number of hydrogen-bond donors (Lipinski definition) is 0. The fraction of sp³-hybridized carbons (Fsp3) is 0.560. The van der Waals surface area contributed by atoms with Gasteiger partial charge in [-0.3, -0.25) is 9.59 Å². The van der Waals surface area contributed by atoms with Gasteiger partial charge in [0.1, 0.15) is 24.2 Å². The molecule has 39 heavy (non-hydrogen) atoms. The van der Waals surface area contributed by atoms with Crippen LogP contribution in [0.5, 0.6) is 0 Å². The molecule has 2 saturated heterocycles. The Labute approximate surface area is 222 Å². The summed E-state index contributed by atoms with van der Waals surface area (Å²) < 4.78 is 60.5. The van der Waals surface area contributed by atoms with Crippen LogP contribution in [0.25, 0.3) is 5.82 Å². The van der Waals surface area contributed by atoms with Crippen molar-refractivity contribution in [1.29, 1.82) is 0 Å². The number of alkyl halides is 3. The SMILES string of the molecule is C[C@@H](c1ccc(-n2cc(F)cn2)nc1)N1CC(=O)N(CC(F)(F)F)C2(CCN(C(=O)OC(C)(C)C)CC2)C1=O. The maximum absolute atomic E-state index is 13.9. The third kappa shape index (κ3) is 5.98. The smallest absolute Gasteiger partial charge is 0.410 e. The van der Waals surface area contributed by atoms with Crippen LogP contribution < -0.4 is 0 Å². The van der Waals surface area contributed by atoms with Gasteiger partial charge in [-0.05, 0) is 52.2 Å². The first-order valence-electron chi connectivity index (χ1n) is 12.4. The van der Waals surface area contributed by atoms with Crippen molar-refractivity contribution >= 4 is 17.9 Å². The molecule has 14 heteroatoms. The Morgan fingerprint density at radius 1 is 1.13 bits per heavy atom. The molecule has 2 fully saturated rings. The van der Waals surface area contributed by atoms with E-state index in [1.165, 1.54) is 20.7 Å². The molecule has 4 heterocycles. The maximum atomic E-state index is 13.9. The molecule has 0 bridgehead atoms. The second-order valence-electron chi connectivity index (χ2n) is 10.8. The molecule has 0 unspecified atom stereocenters. The summed E-state index contributed by atoms with van der Waals surface area (Å²) >= 11 is 0. The third-order valence-electron chi connectivity index (χ3n) is 6.87. The van der Waals surface area contributed by atoms with Crippen LogP contribution in [0.1, 0.15) is 52.1 Å². The van der Waals surface area contributed by atoms with Crippen LogP contribution in [-0.4, -0.2) is 90.9 Å². The second-order valence-corrected chi connectivity index (χ2v) is 10.8. The minimum Gasteiger partial charge on any atom is -0.444 e. The molecule has 0 radical (unpaired) electrons. The average molecular weight is 555 g/mol. The minimum absolute atomic E-state index is 0.0544. The van der Waals surface area contributed by atoms with E-state index in [1.54, 1.807) is 39.8 Å². The third-order valence-corrected chi connectivity index (χ3v) is 6.87. The Morgan fingerprint density at radius 2 is 1.79 bits per heavy atom. The number of halogens is 4. The standard InChI is InChI=1S/C25H30F4N6O4/c1-16(17-5-6-19(30-11-17)35-13-18(26)12-31-35)33-14-20(36)34(15-25(27,28)29)24(21(33)37)7-9-32(10-8-24)22(38)39-23(2,3)4/h5-6,11-13,16H,7-10,14-15H2,1-4H3/t16-/m0/s1. The summed E-state index contributed by atoms with van der Waals surface area (Å²) in [5.74, 6) is -1.68. The molecule has 2 aliphatic heterocycles. The number of likely N-dealkylation sites (tertiary alicyclic amines) is 1. The molecule has 0 saturated carbocycles. The van der Waals surface area contributed by atoms with E-state index in [2.05, 4.69) is 10.1 Å². The minimum atomic E-state index is -4.72. The molecular formula is C25H30F4N6O4. The zero-order valence-electron chi connectivity index (χ0n) is 22.0. The van der Waals surface area contributed by atoms with Gasteiger partial charge in [0.15, 0.2) is 11.6 Å². The monoisotopic (exact) mass is 554 g/mol. The number of nitrogens with zero attached hydrogens (tertiary/aromatic N) is 6. The van der Waals surface area contributed by atoms with Crippen LogP contribution >= 0.6 is 0 Å². The quantitative estimate of drug-likeness (QED) is 0.537. The van der Waals surface area contributed by atoms with E-state index in [9.17, 15) is 31.9 Å². The van der Waals surface area contributed by atoms with Crippen LogP contribution in [0.3, 0.4) is 0 Å². The average Bonchev–Trinajstić information content (AvgIpc) is 3.29. The largest absolute Gasteiger partial charge is 0.444 e.